The lowest BCUT2D eigenvalue weighted by molar-refractivity contribution is -0.161. The molecule has 0 bridgehead atoms. The van der Waals surface area contributed by atoms with Crippen LogP contribution in [0.3, 0.4) is 0 Å². The lowest BCUT2D eigenvalue weighted by Crippen LogP contribution is -2.30. The van der Waals surface area contributed by atoms with Crippen molar-refractivity contribution in [1.29, 1.82) is 0 Å². The summed E-state index contributed by atoms with van der Waals surface area (Å²) in [7, 11) is -9.83. The quantitative estimate of drug-likeness (QED) is 0.0146. The minimum atomic E-state index is -4.95. The molecule has 5 unspecified atom stereocenters. The zero-order chi connectivity index (χ0) is 99.2. The van der Waals surface area contributed by atoms with Crippen molar-refractivity contribution in [3.63, 3.8) is 0 Å². The number of hydrogen-bond donors (Lipinski definition) is 4. The van der Waals surface area contributed by atoms with Crippen LogP contribution in [0.15, 0.2) is 207 Å². The number of carbonyl (C=O) groups is 3. The van der Waals surface area contributed by atoms with Crippen LogP contribution in [0, 0.1) is 0 Å². The first kappa shape index (κ1) is 131. The molecule has 0 spiro atoms. The maximum absolute atomic E-state index is 13.2. The number of ether oxygens (including phenoxy) is 3. The average Bonchev–Trinajstić information content (AvgIpc) is 0.899. The van der Waals surface area contributed by atoms with Gasteiger partial charge in [-0.3, -0.25) is 32.5 Å². The summed E-state index contributed by atoms with van der Waals surface area (Å²) in [5.41, 5.74) is 0. The molecule has 0 heterocycles. The van der Waals surface area contributed by atoms with Crippen LogP contribution in [0.5, 0.6) is 0 Å². The van der Waals surface area contributed by atoms with Crippen LogP contribution in [0.2, 0.25) is 0 Å². The highest BCUT2D eigenvalue weighted by Gasteiger charge is 2.30. The molecule has 0 aromatic heterocycles. The van der Waals surface area contributed by atoms with Crippen LogP contribution in [0.1, 0.15) is 470 Å². The smallest absolute Gasteiger partial charge is 0.463 e. The van der Waals surface area contributed by atoms with Crippen LogP contribution < -0.4 is 0 Å². The van der Waals surface area contributed by atoms with E-state index in [9.17, 15) is 43.5 Å². The summed E-state index contributed by atoms with van der Waals surface area (Å²) >= 11 is 0. The Hall–Kier alpha value is -5.87. The van der Waals surface area contributed by atoms with E-state index in [1.54, 1.807) is 0 Å². The summed E-state index contributed by atoms with van der Waals surface area (Å²) in [6.07, 6.45) is 149. The van der Waals surface area contributed by atoms with Gasteiger partial charge in [-0.25, -0.2) is 9.13 Å². The van der Waals surface area contributed by atoms with Crippen molar-refractivity contribution in [2.45, 2.75) is 489 Å². The number of unbranched alkanes of at least 4 members (excludes halogenated alkanes) is 47. The molecule has 0 aliphatic heterocycles. The van der Waals surface area contributed by atoms with Crippen LogP contribution in [0.25, 0.3) is 0 Å². The molecule has 0 saturated heterocycles. The number of rotatable bonds is 104. The number of esters is 3. The third-order valence-electron chi connectivity index (χ3n) is 23.5. The van der Waals surface area contributed by atoms with Gasteiger partial charge in [0.15, 0.2) is 6.10 Å². The number of carbonyl (C=O) groups excluding carboxylic acids is 3. The fourth-order valence-corrected chi connectivity index (χ4v) is 16.8. The van der Waals surface area contributed by atoms with Crippen LogP contribution in [-0.2, 0) is 55.8 Å². The van der Waals surface area contributed by atoms with Gasteiger partial charge in [0.25, 0.3) is 0 Å². The van der Waals surface area contributed by atoms with E-state index >= 15 is 0 Å². The van der Waals surface area contributed by atoms with Crippen molar-refractivity contribution in [2.24, 2.45) is 0 Å². The molecule has 0 saturated carbocycles. The summed E-state index contributed by atoms with van der Waals surface area (Å²) in [5, 5.41) is 20.8. The molecule has 5 atom stereocenters. The Labute approximate surface area is 839 Å². The van der Waals surface area contributed by atoms with Gasteiger partial charge >= 0.3 is 33.6 Å². The Kier molecular flexibility index (Phi) is 104. The first-order valence-electron chi connectivity index (χ1n) is 55.4. The molecule has 0 fully saturated rings. The Morgan fingerprint density at radius 2 is 0.365 bits per heavy atom. The van der Waals surface area contributed by atoms with Gasteiger partial charge in [0.05, 0.1) is 26.4 Å². The third-order valence-corrected chi connectivity index (χ3v) is 25.4. The summed E-state index contributed by atoms with van der Waals surface area (Å²) < 4.78 is 61.9. The molecule has 0 aromatic rings. The van der Waals surface area contributed by atoms with Crippen molar-refractivity contribution in [1.82, 2.24) is 0 Å². The SMILES string of the molecule is CC/C=C\C/C=C\C/C=C\C/C=C\C/C=C\C/C=C\CCCCCCCCCCCCCCCCC(=O)OCC(COP(=O)(O)OCC(O)COP(=O)(O)OCC(O)COC(=O)CCCCCCCCCCCCCCCCCCCCC/C=C\C/C=C\C/C=C\C/C=C\C/C=C\CC)OC(=O)CCCCCCCCCCCCCCCC/C=C\C/C=C\C/C=C\C/C=C\C/C=C\C/C=C\CC. The minimum absolute atomic E-state index is 0.0993. The fraction of sp³-hybridized carbons (Fsp3) is 0.689. The van der Waals surface area contributed by atoms with E-state index in [1.807, 2.05) is 0 Å². The Morgan fingerprint density at radius 3 is 0.577 bits per heavy atom. The van der Waals surface area contributed by atoms with Gasteiger partial charge in [0.2, 0.25) is 0 Å². The normalized spacial score (nSPS) is 14.4. The van der Waals surface area contributed by atoms with Gasteiger partial charge < -0.3 is 34.2 Å². The molecule has 18 heteroatoms. The van der Waals surface area contributed by atoms with Gasteiger partial charge in [-0.15, -0.1) is 0 Å². The summed E-state index contributed by atoms with van der Waals surface area (Å²) in [6.45, 7) is 2.42. The topological polar surface area (TPSA) is 231 Å². The molecule has 0 rings (SSSR count). The molecule has 0 radical (unpaired) electrons. The van der Waals surface area contributed by atoms with E-state index in [2.05, 4.69) is 227 Å². The molecule has 784 valence electrons. The highest BCUT2D eigenvalue weighted by Crippen LogP contribution is 2.45. The monoisotopic (exact) mass is 1950 g/mol. The largest absolute Gasteiger partial charge is 0.472 e. The molecule has 0 aliphatic rings. The first-order chi connectivity index (χ1) is 67.2. The average molecular weight is 1950 g/mol. The number of aliphatic hydroxyl groups is 2. The van der Waals surface area contributed by atoms with Crippen LogP contribution >= 0.6 is 15.6 Å². The molecule has 0 aromatic carbocycles. The number of phosphoric acid groups is 2. The summed E-state index contributed by atoms with van der Waals surface area (Å²) in [6, 6.07) is 0. The second-order valence-corrected chi connectivity index (χ2v) is 39.6. The molecule has 0 amide bonds. The number of allylic oxidation sites excluding steroid dienone is 34. The van der Waals surface area contributed by atoms with E-state index in [0.29, 0.717) is 19.3 Å². The number of hydrogen-bond acceptors (Lipinski definition) is 14. The number of phosphoric ester groups is 2. The third kappa shape index (κ3) is 110. The van der Waals surface area contributed by atoms with Crippen LogP contribution in [-0.4, -0.2) is 95.9 Å². The molecule has 16 nitrogen and oxygen atoms in total. The molecule has 137 heavy (non-hydrogen) atoms. The second-order valence-electron chi connectivity index (χ2n) is 36.7. The van der Waals surface area contributed by atoms with Crippen LogP contribution in [0.4, 0.5) is 0 Å². The molecule has 0 aliphatic carbocycles. The van der Waals surface area contributed by atoms with Gasteiger partial charge in [0.1, 0.15) is 25.4 Å². The van der Waals surface area contributed by atoms with E-state index in [-0.39, 0.29) is 19.3 Å². The van der Waals surface area contributed by atoms with E-state index < -0.39 is 91.5 Å². The van der Waals surface area contributed by atoms with Crippen molar-refractivity contribution in [3.05, 3.63) is 207 Å². The predicted octanol–water partition coefficient (Wildman–Crippen LogP) is 35.8. The lowest BCUT2D eigenvalue weighted by Gasteiger charge is -2.21. The Morgan fingerprint density at radius 1 is 0.204 bits per heavy atom. The second kappa shape index (κ2) is 109. The van der Waals surface area contributed by atoms with Gasteiger partial charge in [-0.05, 0) is 167 Å². The van der Waals surface area contributed by atoms with Crippen molar-refractivity contribution in [2.75, 3.05) is 39.6 Å². The number of aliphatic hydroxyl groups excluding tert-OH is 2. The minimum Gasteiger partial charge on any atom is -0.463 e. The molecule has 4 N–H and O–H groups in total. The highest BCUT2D eigenvalue weighted by atomic mass is 31.2. The molecular formula is C119H202O16P2. The van der Waals surface area contributed by atoms with E-state index in [0.717, 1.165) is 193 Å². The maximum Gasteiger partial charge on any atom is 0.472 e. The van der Waals surface area contributed by atoms with Crippen molar-refractivity contribution < 1.29 is 75.8 Å². The first-order valence-corrected chi connectivity index (χ1v) is 58.4. The van der Waals surface area contributed by atoms with Gasteiger partial charge in [0, 0.05) is 19.3 Å². The predicted molar refractivity (Wildman–Crippen MR) is 583 cm³/mol. The van der Waals surface area contributed by atoms with E-state index in [4.69, 9.17) is 32.3 Å². The summed E-state index contributed by atoms with van der Waals surface area (Å²) in [5.74, 6) is -1.56. The Balaban J connectivity index is 4.61. The summed E-state index contributed by atoms with van der Waals surface area (Å²) in [4.78, 5) is 59.4. The maximum atomic E-state index is 13.2. The zero-order valence-corrected chi connectivity index (χ0v) is 89.0. The van der Waals surface area contributed by atoms with Crippen molar-refractivity contribution in [3.8, 4) is 0 Å². The zero-order valence-electron chi connectivity index (χ0n) is 87.2. The van der Waals surface area contributed by atoms with Crippen molar-refractivity contribution >= 4 is 33.6 Å². The highest BCUT2D eigenvalue weighted by molar-refractivity contribution is 7.47. The van der Waals surface area contributed by atoms with Gasteiger partial charge in [-0.1, -0.05) is 491 Å². The van der Waals surface area contributed by atoms with E-state index in [1.165, 1.54) is 218 Å². The fourth-order valence-electron chi connectivity index (χ4n) is 15.3. The standard InChI is InChI=1S/C119H202O16P2/c1-4-7-10-13-16-19-22-25-28-31-34-37-40-43-46-49-52-55-56-59-61-63-66-69-72-75-78-81-84-87-90-93-96-99-102-105-117(122)129-108-114(120)109-131-136(125,126)132-110-115(121)111-133-137(127,128)134-113-116(135-119(124)107-104-101-98-95-92-89-86-83-80-77-74-71-68-65-62-58-54-51-48-45-42-39-36-33-30-27-24-21-18-15-12-9-6-3)112-130-118(123)106-103-100-97-94-91-88-85-82-79-76-73-70-67-64-60-57-53-50-47-44-41-38-35-32-29-26-23-20-17-14-11-8-5-2/h7-12,16-21,25-30,34-39,43-48,53-54,57-58,114-116,120-121H,4-6,13-15,22-24,31-33,40-42,49-52,55-56,59-113H2,1-3H3,(H,125,126)(H,127,128)/b10-7-,11-8-,12-9-,19-16-,20-17-,21-18-,28-25-,29-26-,30-27-,37-34-,38-35-,39-36-,46-43-,47-44-,48-45-,57-53-,58-54-. The van der Waals surface area contributed by atoms with Gasteiger partial charge in [-0.2, -0.15) is 0 Å². The Bertz CT molecular complexity index is 3330. The lowest BCUT2D eigenvalue weighted by atomic mass is 10.0. The molecular weight excluding hydrogens is 1750 g/mol.